The Morgan fingerprint density at radius 2 is 1.79 bits per heavy atom. The topological polar surface area (TPSA) is 72.4 Å². The second-order valence-electron chi connectivity index (χ2n) is 7.76. The highest BCUT2D eigenvalue weighted by Crippen LogP contribution is 2.24. The number of fused-ring (bicyclic) bond motifs is 1. The lowest BCUT2D eigenvalue weighted by molar-refractivity contribution is 0.179. The number of piperidine rings is 1. The zero-order valence-corrected chi connectivity index (χ0v) is 16.9. The van der Waals surface area contributed by atoms with Crippen LogP contribution in [-0.4, -0.2) is 42.6 Å². The number of benzene rings is 1. The Bertz CT molecular complexity index is 894. The number of sulfonamides is 1. The molecule has 0 saturated carbocycles. The summed E-state index contributed by atoms with van der Waals surface area (Å²) in [5.41, 5.74) is 3.20. The molecule has 2 heterocycles. The summed E-state index contributed by atoms with van der Waals surface area (Å²) in [4.78, 5) is 0. The minimum absolute atomic E-state index is 0.0692. The van der Waals surface area contributed by atoms with Crippen LogP contribution in [0.25, 0.3) is 0 Å². The number of ether oxygens (including phenoxy) is 1. The molecule has 6 nitrogen and oxygen atoms in total. The molecule has 0 bridgehead atoms. The number of aryl methyl sites for hydroxylation is 2. The molecule has 0 radical (unpaired) electrons. The van der Waals surface area contributed by atoms with Gasteiger partial charge < -0.3 is 4.74 Å². The van der Waals surface area contributed by atoms with Crippen molar-refractivity contribution in [2.75, 3.05) is 19.7 Å². The molecule has 0 spiro atoms. The number of hydrogen-bond donors (Lipinski definition) is 0. The molecule has 0 amide bonds. The molecule has 1 aromatic carbocycles. The third-order valence-electron chi connectivity index (χ3n) is 5.67. The summed E-state index contributed by atoms with van der Waals surface area (Å²) in [7, 11) is -3.27. The van der Waals surface area contributed by atoms with Crippen molar-refractivity contribution < 1.29 is 13.2 Å². The van der Waals surface area contributed by atoms with E-state index in [4.69, 9.17) is 4.74 Å². The smallest absolute Gasteiger partial charge is 0.233 e. The highest BCUT2D eigenvalue weighted by molar-refractivity contribution is 7.88. The van der Waals surface area contributed by atoms with Gasteiger partial charge in [-0.25, -0.2) is 12.7 Å². The maximum atomic E-state index is 12.7. The van der Waals surface area contributed by atoms with E-state index in [1.54, 1.807) is 4.31 Å². The molecule has 1 saturated heterocycles. The minimum atomic E-state index is -3.27. The van der Waals surface area contributed by atoms with Crippen molar-refractivity contribution in [3.05, 3.63) is 53.2 Å². The van der Waals surface area contributed by atoms with E-state index in [1.165, 1.54) is 18.4 Å². The summed E-state index contributed by atoms with van der Waals surface area (Å²) in [6.07, 6.45) is 6.08. The lowest BCUT2D eigenvalue weighted by Gasteiger charge is -2.31. The van der Waals surface area contributed by atoms with E-state index < -0.39 is 10.0 Å². The number of hydrogen-bond acceptors (Lipinski definition) is 5. The van der Waals surface area contributed by atoms with Gasteiger partial charge in [0.2, 0.25) is 15.9 Å². The van der Waals surface area contributed by atoms with Crippen molar-refractivity contribution >= 4 is 10.0 Å². The molecule has 0 N–H and O–H groups in total. The first-order chi connectivity index (χ1) is 13.6. The fourth-order valence-corrected chi connectivity index (χ4v) is 5.54. The van der Waals surface area contributed by atoms with Gasteiger partial charge in [-0.2, -0.15) is 5.10 Å². The number of aromatic nitrogens is 2. The molecular weight excluding hydrogens is 374 g/mol. The van der Waals surface area contributed by atoms with Crippen LogP contribution in [0, 0.1) is 5.92 Å². The van der Waals surface area contributed by atoms with Crippen LogP contribution in [0.15, 0.2) is 36.4 Å². The van der Waals surface area contributed by atoms with Crippen LogP contribution < -0.4 is 4.74 Å². The maximum Gasteiger partial charge on any atom is 0.233 e. The first kappa shape index (κ1) is 19.3. The summed E-state index contributed by atoms with van der Waals surface area (Å²) in [6.45, 7) is 1.68. The zero-order chi connectivity index (χ0) is 19.4. The number of nitrogens with zero attached hydrogens (tertiary/aromatic N) is 3. The second kappa shape index (κ2) is 8.57. The van der Waals surface area contributed by atoms with Gasteiger partial charge in [-0.15, -0.1) is 5.10 Å². The Kier molecular flexibility index (Phi) is 5.92. The molecule has 2 aliphatic rings. The fourth-order valence-electron chi connectivity index (χ4n) is 3.97. The zero-order valence-electron chi connectivity index (χ0n) is 16.1. The van der Waals surface area contributed by atoms with Crippen molar-refractivity contribution in [1.29, 1.82) is 0 Å². The van der Waals surface area contributed by atoms with E-state index in [1.807, 2.05) is 36.4 Å². The summed E-state index contributed by atoms with van der Waals surface area (Å²) in [6, 6.07) is 11.4. The van der Waals surface area contributed by atoms with E-state index in [2.05, 4.69) is 10.2 Å². The van der Waals surface area contributed by atoms with Crippen molar-refractivity contribution in [3.8, 4) is 5.88 Å². The molecule has 1 aliphatic carbocycles. The summed E-state index contributed by atoms with van der Waals surface area (Å²) in [5.74, 6) is 1.01. The van der Waals surface area contributed by atoms with Gasteiger partial charge in [-0.1, -0.05) is 30.3 Å². The third-order valence-corrected chi connectivity index (χ3v) is 7.52. The molecule has 1 fully saturated rings. The van der Waals surface area contributed by atoms with Gasteiger partial charge in [-0.05, 0) is 55.6 Å². The van der Waals surface area contributed by atoms with E-state index in [0.717, 1.165) is 36.9 Å². The van der Waals surface area contributed by atoms with Gasteiger partial charge in [0.05, 0.1) is 18.1 Å². The van der Waals surface area contributed by atoms with Crippen molar-refractivity contribution in [3.63, 3.8) is 0 Å². The molecular formula is C21H27N3O3S. The van der Waals surface area contributed by atoms with Crippen LogP contribution >= 0.6 is 0 Å². The van der Waals surface area contributed by atoms with Gasteiger partial charge in [0.25, 0.3) is 0 Å². The first-order valence-electron chi connectivity index (χ1n) is 10.1. The van der Waals surface area contributed by atoms with Crippen molar-refractivity contribution in [1.82, 2.24) is 14.5 Å². The minimum Gasteiger partial charge on any atom is -0.476 e. The highest BCUT2D eigenvalue weighted by atomic mass is 32.2. The molecule has 1 aliphatic heterocycles. The SMILES string of the molecule is O=S(=O)(Cc1ccccc1)N1CCC(COc2cc3c(nn2)CCCC3)CC1. The van der Waals surface area contributed by atoms with Crippen LogP contribution in [0.4, 0.5) is 0 Å². The average molecular weight is 402 g/mol. The molecule has 0 unspecified atom stereocenters. The van der Waals surface area contributed by atoms with Crippen LogP contribution in [0.2, 0.25) is 0 Å². The maximum absolute atomic E-state index is 12.7. The average Bonchev–Trinajstić information content (AvgIpc) is 2.73. The van der Waals surface area contributed by atoms with Crippen LogP contribution in [0.5, 0.6) is 5.88 Å². The van der Waals surface area contributed by atoms with Crippen LogP contribution in [0.1, 0.15) is 42.5 Å². The third kappa shape index (κ3) is 4.70. The van der Waals surface area contributed by atoms with Gasteiger partial charge >= 0.3 is 0 Å². The normalized spacial score (nSPS) is 18.6. The first-order valence-corrected chi connectivity index (χ1v) is 11.7. The van der Waals surface area contributed by atoms with E-state index in [0.29, 0.717) is 31.5 Å². The molecule has 150 valence electrons. The predicted octanol–water partition coefficient (Wildman–Crippen LogP) is 2.98. The molecule has 2 aromatic rings. The van der Waals surface area contributed by atoms with Crippen LogP contribution in [0.3, 0.4) is 0 Å². The lowest BCUT2D eigenvalue weighted by atomic mass is 9.97. The Morgan fingerprint density at radius 3 is 2.57 bits per heavy atom. The summed E-state index contributed by atoms with van der Waals surface area (Å²) in [5, 5.41) is 8.50. The monoisotopic (exact) mass is 401 g/mol. The van der Waals surface area contributed by atoms with Crippen molar-refractivity contribution in [2.24, 2.45) is 5.92 Å². The lowest BCUT2D eigenvalue weighted by Crippen LogP contribution is -2.40. The standard InChI is InChI=1S/C21H27N3O3S/c25-28(26,16-18-6-2-1-3-7-18)24-12-10-17(11-13-24)15-27-21-14-19-8-4-5-9-20(19)22-23-21/h1-3,6-7,14,17H,4-5,8-13,15-16H2. The molecule has 28 heavy (non-hydrogen) atoms. The van der Waals surface area contributed by atoms with E-state index >= 15 is 0 Å². The molecule has 0 atom stereocenters. The molecule has 4 rings (SSSR count). The van der Waals surface area contributed by atoms with Gasteiger partial charge in [0.15, 0.2) is 0 Å². The largest absolute Gasteiger partial charge is 0.476 e. The highest BCUT2D eigenvalue weighted by Gasteiger charge is 2.28. The quantitative estimate of drug-likeness (QED) is 0.744. The van der Waals surface area contributed by atoms with E-state index in [9.17, 15) is 8.42 Å². The number of rotatable bonds is 6. The Labute approximate surface area is 167 Å². The fraction of sp³-hybridized carbons (Fsp3) is 0.524. The van der Waals surface area contributed by atoms with Gasteiger partial charge in [0.1, 0.15) is 0 Å². The Balaban J connectivity index is 1.27. The van der Waals surface area contributed by atoms with Gasteiger partial charge in [-0.3, -0.25) is 0 Å². The molecule has 7 heteroatoms. The van der Waals surface area contributed by atoms with Crippen molar-refractivity contribution in [2.45, 2.75) is 44.3 Å². The predicted molar refractivity (Wildman–Crippen MR) is 108 cm³/mol. The molecule has 1 aromatic heterocycles. The van der Waals surface area contributed by atoms with Crippen LogP contribution in [-0.2, 0) is 28.6 Å². The Hall–Kier alpha value is -1.99. The van der Waals surface area contributed by atoms with E-state index in [-0.39, 0.29) is 5.75 Å². The summed E-state index contributed by atoms with van der Waals surface area (Å²) >= 11 is 0. The second-order valence-corrected chi connectivity index (χ2v) is 9.73. The summed E-state index contributed by atoms with van der Waals surface area (Å²) < 4.78 is 32.8. The van der Waals surface area contributed by atoms with Gasteiger partial charge in [0, 0.05) is 19.2 Å². The Morgan fingerprint density at radius 1 is 1.04 bits per heavy atom.